The van der Waals surface area contributed by atoms with E-state index in [1.165, 1.54) is 0 Å². The number of amides is 1. The molecule has 0 aliphatic carbocycles. The van der Waals surface area contributed by atoms with Gasteiger partial charge < -0.3 is 14.7 Å². The van der Waals surface area contributed by atoms with Crippen LogP contribution in [0.4, 0.5) is 4.79 Å². The molecule has 1 heterocycles. The van der Waals surface area contributed by atoms with Crippen LogP contribution in [0.2, 0.25) is 0 Å². The van der Waals surface area contributed by atoms with Crippen LogP contribution in [0.25, 0.3) is 0 Å². The van der Waals surface area contributed by atoms with E-state index in [-0.39, 0.29) is 12.1 Å². The van der Waals surface area contributed by atoms with Gasteiger partial charge in [0.2, 0.25) is 0 Å². The lowest BCUT2D eigenvalue weighted by Crippen LogP contribution is -2.42. The molecule has 1 fully saturated rings. The van der Waals surface area contributed by atoms with E-state index in [0.29, 0.717) is 13.0 Å². The summed E-state index contributed by atoms with van der Waals surface area (Å²) in [5.41, 5.74) is -0.469. The second-order valence-corrected chi connectivity index (χ2v) is 5.01. The summed E-state index contributed by atoms with van der Waals surface area (Å²) in [4.78, 5) is 13.4. The van der Waals surface area contributed by atoms with Crippen LogP contribution in [-0.2, 0) is 4.74 Å². The number of hydrogen-bond acceptors (Lipinski definition) is 3. The molecule has 0 saturated carbocycles. The van der Waals surface area contributed by atoms with Crippen molar-refractivity contribution in [3.8, 4) is 0 Å². The van der Waals surface area contributed by atoms with Gasteiger partial charge in [-0.15, -0.1) is 0 Å². The maximum absolute atomic E-state index is 11.8. The normalized spacial score (nSPS) is 26.9. The molecule has 1 saturated heterocycles. The van der Waals surface area contributed by atoms with Gasteiger partial charge in [-0.2, -0.15) is 0 Å². The Morgan fingerprint density at radius 2 is 2.13 bits per heavy atom. The molecule has 0 spiro atoms. The SMILES string of the molecule is CC[C@@H]1[C@@H](O)CCN1C(=O)OC(C)(C)C. The Labute approximate surface area is 91.2 Å². The Kier molecular flexibility index (Phi) is 3.60. The highest BCUT2D eigenvalue weighted by Crippen LogP contribution is 2.23. The van der Waals surface area contributed by atoms with E-state index >= 15 is 0 Å². The molecule has 4 nitrogen and oxygen atoms in total. The molecule has 0 radical (unpaired) electrons. The standard InChI is InChI=1S/C11H21NO3/c1-5-8-9(13)6-7-12(8)10(14)15-11(2,3)4/h8-9,13H,5-7H2,1-4H3/t8-,9+/m1/s1. The van der Waals surface area contributed by atoms with Crippen molar-refractivity contribution < 1.29 is 14.6 Å². The predicted octanol–water partition coefficient (Wildman–Crippen LogP) is 1.77. The summed E-state index contributed by atoms with van der Waals surface area (Å²) >= 11 is 0. The monoisotopic (exact) mass is 215 g/mol. The topological polar surface area (TPSA) is 49.8 Å². The Bertz CT molecular complexity index is 234. The van der Waals surface area contributed by atoms with Gasteiger partial charge in [0.25, 0.3) is 0 Å². The first-order valence-electron chi connectivity index (χ1n) is 5.53. The van der Waals surface area contributed by atoms with Crippen LogP contribution >= 0.6 is 0 Å². The van der Waals surface area contributed by atoms with Crippen molar-refractivity contribution in [3.05, 3.63) is 0 Å². The van der Waals surface area contributed by atoms with Crippen molar-refractivity contribution in [2.45, 2.75) is 58.3 Å². The van der Waals surface area contributed by atoms with E-state index in [0.717, 1.165) is 6.42 Å². The lowest BCUT2D eigenvalue weighted by Gasteiger charge is -2.28. The number of rotatable bonds is 1. The van der Waals surface area contributed by atoms with Crippen molar-refractivity contribution in [2.75, 3.05) is 6.54 Å². The van der Waals surface area contributed by atoms with Gasteiger partial charge in [-0.25, -0.2) is 4.79 Å². The molecule has 1 N–H and O–H groups in total. The maximum atomic E-state index is 11.8. The maximum Gasteiger partial charge on any atom is 0.410 e. The van der Waals surface area contributed by atoms with Crippen molar-refractivity contribution in [3.63, 3.8) is 0 Å². The second kappa shape index (κ2) is 4.39. The van der Waals surface area contributed by atoms with E-state index < -0.39 is 11.7 Å². The molecule has 1 rings (SSSR count). The Morgan fingerprint density at radius 1 is 1.53 bits per heavy atom. The first-order valence-corrected chi connectivity index (χ1v) is 5.53. The molecule has 1 aliphatic rings. The quantitative estimate of drug-likeness (QED) is 0.725. The number of nitrogens with zero attached hydrogens (tertiary/aromatic N) is 1. The van der Waals surface area contributed by atoms with Gasteiger partial charge in [-0.1, -0.05) is 6.92 Å². The average Bonchev–Trinajstić information content (AvgIpc) is 2.43. The largest absolute Gasteiger partial charge is 0.444 e. The van der Waals surface area contributed by atoms with E-state index in [9.17, 15) is 9.90 Å². The molecule has 88 valence electrons. The summed E-state index contributed by atoms with van der Waals surface area (Å²) in [5.74, 6) is 0. The highest BCUT2D eigenvalue weighted by Gasteiger charge is 2.36. The zero-order chi connectivity index (χ0) is 11.6. The third kappa shape index (κ3) is 3.09. The summed E-state index contributed by atoms with van der Waals surface area (Å²) in [6.07, 6.45) is 0.700. The van der Waals surface area contributed by atoms with Crippen LogP contribution in [0, 0.1) is 0 Å². The highest BCUT2D eigenvalue weighted by molar-refractivity contribution is 5.69. The molecule has 0 bridgehead atoms. The van der Waals surface area contributed by atoms with E-state index in [1.54, 1.807) is 4.90 Å². The number of carbonyl (C=O) groups excluding carboxylic acids is 1. The highest BCUT2D eigenvalue weighted by atomic mass is 16.6. The summed E-state index contributed by atoms with van der Waals surface area (Å²) in [5, 5.41) is 9.66. The molecule has 2 atom stereocenters. The summed E-state index contributed by atoms with van der Waals surface area (Å²) in [6.45, 7) is 8.10. The smallest absolute Gasteiger partial charge is 0.410 e. The van der Waals surface area contributed by atoms with Crippen LogP contribution in [0.5, 0.6) is 0 Å². The fraction of sp³-hybridized carbons (Fsp3) is 0.909. The van der Waals surface area contributed by atoms with Gasteiger partial charge in [-0.05, 0) is 33.6 Å². The van der Waals surface area contributed by atoms with Crippen LogP contribution < -0.4 is 0 Å². The molecular weight excluding hydrogens is 194 g/mol. The Morgan fingerprint density at radius 3 is 2.60 bits per heavy atom. The fourth-order valence-electron chi connectivity index (χ4n) is 1.88. The Hall–Kier alpha value is -0.770. The van der Waals surface area contributed by atoms with Gasteiger partial charge in [-0.3, -0.25) is 0 Å². The van der Waals surface area contributed by atoms with Crippen LogP contribution in [0.1, 0.15) is 40.5 Å². The molecule has 0 aromatic heterocycles. The van der Waals surface area contributed by atoms with Crippen LogP contribution in [0.15, 0.2) is 0 Å². The molecule has 4 heteroatoms. The van der Waals surface area contributed by atoms with E-state index in [1.807, 2.05) is 27.7 Å². The fourth-order valence-corrected chi connectivity index (χ4v) is 1.88. The van der Waals surface area contributed by atoms with Crippen molar-refractivity contribution in [2.24, 2.45) is 0 Å². The zero-order valence-electron chi connectivity index (χ0n) is 9.99. The molecule has 1 amide bonds. The van der Waals surface area contributed by atoms with Gasteiger partial charge in [0, 0.05) is 6.54 Å². The minimum absolute atomic E-state index is 0.0835. The summed E-state index contributed by atoms with van der Waals surface area (Å²) in [7, 11) is 0. The molecule has 0 unspecified atom stereocenters. The Balaban J connectivity index is 2.60. The molecule has 0 aromatic carbocycles. The van der Waals surface area contributed by atoms with Crippen molar-refractivity contribution >= 4 is 6.09 Å². The van der Waals surface area contributed by atoms with Crippen LogP contribution in [-0.4, -0.2) is 40.4 Å². The number of likely N-dealkylation sites (tertiary alicyclic amines) is 1. The third-order valence-corrected chi connectivity index (χ3v) is 2.56. The number of aliphatic hydroxyl groups excluding tert-OH is 1. The lowest BCUT2D eigenvalue weighted by atomic mass is 10.1. The summed E-state index contributed by atoms with van der Waals surface area (Å²) in [6, 6.07) is -0.0835. The number of hydrogen-bond donors (Lipinski definition) is 1. The first kappa shape index (κ1) is 12.3. The van der Waals surface area contributed by atoms with Crippen molar-refractivity contribution in [1.82, 2.24) is 4.90 Å². The van der Waals surface area contributed by atoms with Crippen molar-refractivity contribution in [1.29, 1.82) is 0 Å². The first-order chi connectivity index (χ1) is 6.85. The molecule has 15 heavy (non-hydrogen) atoms. The average molecular weight is 215 g/mol. The lowest BCUT2D eigenvalue weighted by molar-refractivity contribution is 0.0151. The molecule has 0 aromatic rings. The zero-order valence-corrected chi connectivity index (χ0v) is 9.99. The molecule has 1 aliphatic heterocycles. The third-order valence-electron chi connectivity index (χ3n) is 2.56. The minimum Gasteiger partial charge on any atom is -0.444 e. The van der Waals surface area contributed by atoms with Crippen LogP contribution in [0.3, 0.4) is 0 Å². The van der Waals surface area contributed by atoms with Gasteiger partial charge in [0.05, 0.1) is 12.1 Å². The minimum atomic E-state index is -0.469. The second-order valence-electron chi connectivity index (χ2n) is 5.01. The summed E-state index contributed by atoms with van der Waals surface area (Å²) < 4.78 is 5.28. The number of ether oxygens (including phenoxy) is 1. The number of carbonyl (C=O) groups is 1. The van der Waals surface area contributed by atoms with E-state index in [2.05, 4.69) is 0 Å². The molecular formula is C11H21NO3. The van der Waals surface area contributed by atoms with Gasteiger partial charge >= 0.3 is 6.09 Å². The van der Waals surface area contributed by atoms with Gasteiger partial charge in [0.1, 0.15) is 5.60 Å². The predicted molar refractivity (Wildman–Crippen MR) is 57.6 cm³/mol. The number of aliphatic hydroxyl groups is 1. The van der Waals surface area contributed by atoms with Gasteiger partial charge in [0.15, 0.2) is 0 Å². The van der Waals surface area contributed by atoms with E-state index in [4.69, 9.17) is 4.74 Å².